The third kappa shape index (κ3) is 5.71. The smallest absolute Gasteiger partial charge is 0.181 e. The van der Waals surface area contributed by atoms with Crippen LogP contribution in [0.3, 0.4) is 0 Å². The summed E-state index contributed by atoms with van der Waals surface area (Å²) in [5.74, 6) is 1.43. The van der Waals surface area contributed by atoms with Crippen molar-refractivity contribution in [3.63, 3.8) is 0 Å². The lowest BCUT2D eigenvalue weighted by Crippen LogP contribution is -2.17. The highest BCUT2D eigenvalue weighted by Gasteiger charge is 2.42. The molecule has 1 N–H and O–H groups in total. The fourth-order valence-electron chi connectivity index (χ4n) is 7.77. The van der Waals surface area contributed by atoms with Crippen molar-refractivity contribution in [2.45, 2.75) is 76.2 Å². The minimum Gasteiger partial charge on any atom is -0.381 e. The number of fused-ring (bicyclic) bond motifs is 3. The molecule has 0 saturated carbocycles. The average molecular weight is 680 g/mol. The number of ether oxygens (including phenoxy) is 1. The summed E-state index contributed by atoms with van der Waals surface area (Å²) in [7, 11) is -3.61. The zero-order chi connectivity index (χ0) is 33.0. The number of nitrogens with zero attached hydrogens (tertiary/aromatic N) is 4. The second-order valence-corrected chi connectivity index (χ2v) is 17.0. The van der Waals surface area contributed by atoms with E-state index in [0.717, 1.165) is 112 Å². The summed E-state index contributed by atoms with van der Waals surface area (Å²) in [5.41, 5.74) is 7.47. The maximum atomic E-state index is 14.3. The van der Waals surface area contributed by atoms with Gasteiger partial charge in [0.05, 0.1) is 38.5 Å². The molecule has 2 aliphatic heterocycles. The van der Waals surface area contributed by atoms with Crippen LogP contribution >= 0.6 is 11.3 Å². The molecule has 10 heteroatoms. The van der Waals surface area contributed by atoms with E-state index in [1.807, 2.05) is 36.8 Å². The monoisotopic (exact) mass is 679 g/mol. The van der Waals surface area contributed by atoms with E-state index in [2.05, 4.69) is 49.3 Å². The zero-order valence-corrected chi connectivity index (χ0v) is 29.3. The third-order valence-electron chi connectivity index (χ3n) is 10.4. The van der Waals surface area contributed by atoms with Crippen LogP contribution in [0.25, 0.3) is 31.8 Å². The van der Waals surface area contributed by atoms with Crippen molar-refractivity contribution in [2.75, 3.05) is 24.3 Å². The van der Waals surface area contributed by atoms with Gasteiger partial charge in [-0.1, -0.05) is 19.9 Å². The summed E-state index contributed by atoms with van der Waals surface area (Å²) in [5, 5.41) is 4.76. The maximum absolute atomic E-state index is 14.3. The van der Waals surface area contributed by atoms with Gasteiger partial charge in [-0.2, -0.15) is 0 Å². The van der Waals surface area contributed by atoms with Crippen molar-refractivity contribution >= 4 is 37.1 Å². The molecular weight excluding hydrogens is 639 g/mol. The average Bonchev–Trinajstić information content (AvgIpc) is 3.78. The van der Waals surface area contributed by atoms with Crippen LogP contribution in [-0.4, -0.2) is 47.3 Å². The van der Waals surface area contributed by atoms with Crippen LogP contribution in [0.15, 0.2) is 59.9 Å². The van der Waals surface area contributed by atoms with E-state index in [1.54, 1.807) is 11.3 Å². The Kier molecular flexibility index (Phi) is 8.29. The van der Waals surface area contributed by atoms with Gasteiger partial charge in [0.25, 0.3) is 0 Å². The summed E-state index contributed by atoms with van der Waals surface area (Å²) < 4.78 is 35.2. The molecule has 0 spiro atoms. The van der Waals surface area contributed by atoms with Crippen LogP contribution in [0.1, 0.15) is 79.7 Å². The SMILES string of the molecule is Cc1ccnc(-c2c(CCC3CCOCC3)nc3c(c2-c2cc4ccnc(N[C@H]5CCc6ncccc65)c4s2)S(=O)(=O)CC3C(C)C)c1. The number of rotatable bonds is 8. The molecule has 7 heterocycles. The predicted molar refractivity (Wildman–Crippen MR) is 191 cm³/mol. The van der Waals surface area contributed by atoms with Crippen LogP contribution in [0.2, 0.25) is 0 Å². The van der Waals surface area contributed by atoms with Crippen molar-refractivity contribution in [1.82, 2.24) is 19.9 Å². The minimum atomic E-state index is -3.61. The van der Waals surface area contributed by atoms with Gasteiger partial charge >= 0.3 is 0 Å². The Morgan fingerprint density at radius 1 is 1.00 bits per heavy atom. The molecule has 1 unspecified atom stereocenters. The Balaban J connectivity index is 1.33. The Morgan fingerprint density at radius 2 is 1.83 bits per heavy atom. The highest BCUT2D eigenvalue weighted by atomic mass is 32.2. The number of aryl methyl sites for hydroxylation is 3. The lowest BCUT2D eigenvalue weighted by molar-refractivity contribution is 0.0639. The zero-order valence-electron chi connectivity index (χ0n) is 27.7. The first kappa shape index (κ1) is 31.5. The first-order chi connectivity index (χ1) is 23.3. The molecule has 5 aromatic heterocycles. The summed E-state index contributed by atoms with van der Waals surface area (Å²) in [4.78, 5) is 20.9. The molecule has 2 atom stereocenters. The number of anilines is 1. The Bertz CT molecular complexity index is 2120. The summed E-state index contributed by atoms with van der Waals surface area (Å²) in [6.45, 7) is 7.85. The number of sulfone groups is 1. The molecule has 5 aromatic rings. The third-order valence-corrected chi connectivity index (χ3v) is 13.4. The Morgan fingerprint density at radius 3 is 2.65 bits per heavy atom. The fourth-order valence-corrected chi connectivity index (χ4v) is 11.2. The molecule has 8 rings (SSSR count). The number of hydrogen-bond donors (Lipinski definition) is 1. The second-order valence-electron chi connectivity index (χ2n) is 13.9. The molecule has 3 aliphatic rings. The molecule has 1 fully saturated rings. The first-order valence-electron chi connectivity index (χ1n) is 17.2. The molecule has 0 aromatic carbocycles. The molecule has 8 nitrogen and oxygen atoms in total. The summed E-state index contributed by atoms with van der Waals surface area (Å²) in [6.07, 6.45) is 11.2. The van der Waals surface area contributed by atoms with E-state index in [9.17, 15) is 8.42 Å². The standard InChI is InChI=1S/C38H41N5O3S2/c1-22(2)27-21-48(44,45)37-34(32-20-25-11-16-41-38(36(25)47-32)43-29-9-8-28-26(29)5-4-14-39-28)33(31-19-23(3)10-15-40-31)30(42-35(27)37)7-6-24-12-17-46-18-13-24/h4-5,10-11,14-16,19-20,22,24,27,29H,6-9,12-13,17-18,21H2,1-3H3,(H,41,43)/t27?,29-/m0/s1. The van der Waals surface area contributed by atoms with Gasteiger partial charge in [0.2, 0.25) is 0 Å². The summed E-state index contributed by atoms with van der Waals surface area (Å²) in [6, 6.07) is 12.5. The first-order valence-corrected chi connectivity index (χ1v) is 19.6. The second kappa shape index (κ2) is 12.6. The van der Waals surface area contributed by atoms with Gasteiger partial charge in [0.1, 0.15) is 5.82 Å². The van der Waals surface area contributed by atoms with Crippen molar-refractivity contribution in [3.05, 3.63) is 83.2 Å². The highest BCUT2D eigenvalue weighted by molar-refractivity contribution is 7.92. The molecular formula is C38H41N5O3S2. The van der Waals surface area contributed by atoms with Gasteiger partial charge in [0, 0.05) is 59.4 Å². The maximum Gasteiger partial charge on any atom is 0.181 e. The van der Waals surface area contributed by atoms with Crippen LogP contribution in [0, 0.1) is 18.8 Å². The van der Waals surface area contributed by atoms with E-state index in [1.165, 1.54) is 5.56 Å². The van der Waals surface area contributed by atoms with Crippen molar-refractivity contribution in [2.24, 2.45) is 11.8 Å². The highest BCUT2D eigenvalue weighted by Crippen LogP contribution is 2.51. The Labute approximate surface area is 286 Å². The molecule has 0 bridgehead atoms. The quantitative estimate of drug-likeness (QED) is 0.175. The van der Waals surface area contributed by atoms with E-state index in [-0.39, 0.29) is 23.6 Å². The predicted octanol–water partition coefficient (Wildman–Crippen LogP) is 8.11. The molecule has 0 radical (unpaired) electrons. The van der Waals surface area contributed by atoms with Crippen LogP contribution in [0.5, 0.6) is 0 Å². The molecule has 48 heavy (non-hydrogen) atoms. The topological polar surface area (TPSA) is 107 Å². The lowest BCUT2D eigenvalue weighted by Gasteiger charge is -2.23. The van der Waals surface area contributed by atoms with Gasteiger partial charge in [-0.05, 0) is 104 Å². The van der Waals surface area contributed by atoms with Crippen molar-refractivity contribution < 1.29 is 13.2 Å². The minimum absolute atomic E-state index is 0.0818. The van der Waals surface area contributed by atoms with Crippen molar-refractivity contribution in [1.29, 1.82) is 0 Å². The van der Waals surface area contributed by atoms with E-state index in [0.29, 0.717) is 10.8 Å². The Hall–Kier alpha value is -3.73. The van der Waals surface area contributed by atoms with Gasteiger partial charge < -0.3 is 10.1 Å². The van der Waals surface area contributed by atoms with E-state index < -0.39 is 9.84 Å². The van der Waals surface area contributed by atoms with Gasteiger partial charge in [-0.25, -0.2) is 13.4 Å². The van der Waals surface area contributed by atoms with Crippen LogP contribution in [0.4, 0.5) is 5.82 Å². The van der Waals surface area contributed by atoms with Crippen LogP contribution in [-0.2, 0) is 27.4 Å². The summed E-state index contributed by atoms with van der Waals surface area (Å²) >= 11 is 1.61. The van der Waals surface area contributed by atoms with E-state index in [4.69, 9.17) is 19.7 Å². The van der Waals surface area contributed by atoms with Gasteiger partial charge in [-0.3, -0.25) is 15.0 Å². The normalized spacial score (nSPS) is 20.3. The lowest BCUT2D eigenvalue weighted by atomic mass is 9.88. The number of thiophene rings is 1. The van der Waals surface area contributed by atoms with Crippen molar-refractivity contribution in [3.8, 4) is 21.7 Å². The molecule has 248 valence electrons. The molecule has 1 aliphatic carbocycles. The number of nitrogens with one attached hydrogen (secondary N) is 1. The fraction of sp³-hybridized carbons (Fsp3) is 0.421. The number of hydrogen-bond acceptors (Lipinski definition) is 9. The molecule has 1 saturated heterocycles. The van der Waals surface area contributed by atoms with Gasteiger partial charge in [-0.15, -0.1) is 11.3 Å². The molecule has 0 amide bonds. The van der Waals surface area contributed by atoms with Crippen LogP contribution < -0.4 is 5.32 Å². The number of pyridine rings is 4. The number of aromatic nitrogens is 4. The van der Waals surface area contributed by atoms with E-state index >= 15 is 0 Å². The largest absolute Gasteiger partial charge is 0.381 e. The van der Waals surface area contributed by atoms with Gasteiger partial charge in [0.15, 0.2) is 9.84 Å².